The van der Waals surface area contributed by atoms with Gasteiger partial charge in [-0.25, -0.2) is 13.2 Å². The highest BCUT2D eigenvalue weighted by Crippen LogP contribution is 2.44. The Morgan fingerprint density at radius 3 is 2.32 bits per heavy atom. The predicted molar refractivity (Wildman–Crippen MR) is 99.0 cm³/mol. The molecule has 0 spiro atoms. The molecular weight excluding hydrogens is 321 g/mol. The highest BCUT2D eigenvalue weighted by Gasteiger charge is 2.41. The fourth-order valence-electron chi connectivity index (χ4n) is 4.25. The molecule has 3 heteroatoms. The van der Waals surface area contributed by atoms with E-state index in [1.54, 1.807) is 19.1 Å². The average Bonchev–Trinajstić information content (AvgIpc) is 2.62. The smallest absolute Gasteiger partial charge is 0.236 e. The normalized spacial score (nSPS) is 22.8. The van der Waals surface area contributed by atoms with Crippen LogP contribution in [0.3, 0.4) is 0 Å². The van der Waals surface area contributed by atoms with Crippen molar-refractivity contribution < 1.29 is 13.2 Å². The Morgan fingerprint density at radius 2 is 1.68 bits per heavy atom. The Kier molecular flexibility index (Phi) is 7.83. The summed E-state index contributed by atoms with van der Waals surface area (Å²) < 4.78 is 42.9. The molecule has 0 aromatic heterocycles. The lowest BCUT2D eigenvalue weighted by atomic mass is 9.75. The zero-order valence-electron chi connectivity index (χ0n) is 15.7. The molecule has 2 rings (SSSR count). The van der Waals surface area contributed by atoms with Gasteiger partial charge in [-0.3, -0.25) is 0 Å². The van der Waals surface area contributed by atoms with Gasteiger partial charge in [-0.1, -0.05) is 70.2 Å². The van der Waals surface area contributed by atoms with Crippen molar-refractivity contribution in [3.8, 4) is 0 Å². The fraction of sp³-hybridized carbons (Fsp3) is 0.727. The summed E-state index contributed by atoms with van der Waals surface area (Å²) in [4.78, 5) is 0. The second-order valence-electron chi connectivity index (χ2n) is 7.72. The van der Waals surface area contributed by atoms with Gasteiger partial charge in [-0.05, 0) is 48.6 Å². The monoisotopic (exact) mass is 354 g/mol. The summed E-state index contributed by atoms with van der Waals surface area (Å²) in [5, 5.41) is 0. The SMILES string of the molecule is CCCCCC1CCC(c2ccccc2C(F)C(F)(F)CCC)CC1. The van der Waals surface area contributed by atoms with Crippen molar-refractivity contribution in [2.45, 2.75) is 96.1 Å². The van der Waals surface area contributed by atoms with E-state index in [2.05, 4.69) is 6.92 Å². The minimum Gasteiger partial charge on any atom is -0.236 e. The molecule has 0 saturated heterocycles. The van der Waals surface area contributed by atoms with Gasteiger partial charge in [-0.2, -0.15) is 0 Å². The van der Waals surface area contributed by atoms with Gasteiger partial charge in [0.05, 0.1) is 0 Å². The molecule has 0 amide bonds. The van der Waals surface area contributed by atoms with Crippen LogP contribution in [0.2, 0.25) is 0 Å². The van der Waals surface area contributed by atoms with Crippen LogP contribution in [0.4, 0.5) is 13.2 Å². The number of rotatable bonds is 9. The third kappa shape index (κ3) is 5.49. The molecule has 1 unspecified atom stereocenters. The average molecular weight is 355 g/mol. The standard InChI is InChI=1S/C22H33F3/c1-3-5-6-9-17-12-14-18(15-13-17)19-10-7-8-11-20(19)21(23)22(24,25)16-4-2/h7-8,10-11,17-18,21H,3-6,9,12-16H2,1-2H3. The molecule has 142 valence electrons. The van der Waals surface area contributed by atoms with E-state index < -0.39 is 18.5 Å². The van der Waals surface area contributed by atoms with Crippen LogP contribution in [-0.2, 0) is 0 Å². The Morgan fingerprint density at radius 1 is 1.00 bits per heavy atom. The summed E-state index contributed by atoms with van der Waals surface area (Å²) in [6.45, 7) is 3.89. The van der Waals surface area contributed by atoms with Gasteiger partial charge in [0.25, 0.3) is 5.92 Å². The maximum atomic E-state index is 14.6. The summed E-state index contributed by atoms with van der Waals surface area (Å²) in [5.41, 5.74) is 1.04. The zero-order valence-corrected chi connectivity index (χ0v) is 15.7. The molecule has 1 aliphatic rings. The summed E-state index contributed by atoms with van der Waals surface area (Å²) in [7, 11) is 0. The first-order valence-corrected chi connectivity index (χ1v) is 10.1. The number of hydrogen-bond donors (Lipinski definition) is 0. The van der Waals surface area contributed by atoms with Crippen LogP contribution in [0, 0.1) is 5.92 Å². The maximum absolute atomic E-state index is 14.6. The lowest BCUT2D eigenvalue weighted by Crippen LogP contribution is -2.25. The topological polar surface area (TPSA) is 0 Å². The van der Waals surface area contributed by atoms with E-state index in [0.29, 0.717) is 6.42 Å². The highest BCUT2D eigenvalue weighted by atomic mass is 19.3. The molecule has 25 heavy (non-hydrogen) atoms. The van der Waals surface area contributed by atoms with Crippen LogP contribution in [0.1, 0.15) is 101 Å². The number of unbranched alkanes of at least 4 members (excludes halogenated alkanes) is 2. The Balaban J connectivity index is 2.04. The predicted octanol–water partition coefficient (Wildman–Crippen LogP) is 7.99. The molecule has 1 fully saturated rings. The Labute approximate surface area is 151 Å². The van der Waals surface area contributed by atoms with Gasteiger partial charge in [0.15, 0.2) is 6.17 Å². The van der Waals surface area contributed by atoms with E-state index >= 15 is 0 Å². The second-order valence-corrected chi connectivity index (χ2v) is 7.72. The fourth-order valence-corrected chi connectivity index (χ4v) is 4.25. The van der Waals surface area contributed by atoms with Crippen LogP contribution in [0.25, 0.3) is 0 Å². The number of hydrogen-bond acceptors (Lipinski definition) is 0. The molecule has 0 radical (unpaired) electrons. The molecule has 0 aliphatic heterocycles. The molecule has 0 N–H and O–H groups in total. The molecule has 0 heterocycles. The lowest BCUT2D eigenvalue weighted by molar-refractivity contribution is -0.0811. The summed E-state index contributed by atoms with van der Waals surface area (Å²) in [6, 6.07) is 6.98. The van der Waals surface area contributed by atoms with E-state index in [0.717, 1.165) is 37.2 Å². The third-order valence-corrected chi connectivity index (χ3v) is 5.73. The molecule has 1 aromatic rings. The van der Waals surface area contributed by atoms with Crippen molar-refractivity contribution in [3.63, 3.8) is 0 Å². The minimum atomic E-state index is -3.28. The van der Waals surface area contributed by atoms with Gasteiger partial charge in [0, 0.05) is 6.42 Å². The third-order valence-electron chi connectivity index (χ3n) is 5.73. The van der Waals surface area contributed by atoms with Crippen LogP contribution in [0.5, 0.6) is 0 Å². The Bertz CT molecular complexity index is 504. The van der Waals surface area contributed by atoms with Crippen LogP contribution in [0.15, 0.2) is 24.3 Å². The van der Waals surface area contributed by atoms with Crippen LogP contribution in [-0.4, -0.2) is 5.92 Å². The van der Waals surface area contributed by atoms with Crippen molar-refractivity contribution in [1.82, 2.24) is 0 Å². The number of alkyl halides is 3. The second kappa shape index (κ2) is 9.64. The lowest BCUT2D eigenvalue weighted by Gasteiger charge is -2.31. The molecule has 1 saturated carbocycles. The first-order valence-electron chi connectivity index (χ1n) is 10.1. The summed E-state index contributed by atoms with van der Waals surface area (Å²) in [6.07, 6.45) is 7.10. The Hall–Kier alpha value is -0.990. The van der Waals surface area contributed by atoms with E-state index in [9.17, 15) is 13.2 Å². The van der Waals surface area contributed by atoms with Gasteiger partial charge in [0.2, 0.25) is 0 Å². The maximum Gasteiger partial charge on any atom is 0.282 e. The molecule has 1 aliphatic carbocycles. The molecule has 1 aromatic carbocycles. The molecule has 1 atom stereocenters. The molecular formula is C22H33F3. The first kappa shape index (κ1) is 20.3. The van der Waals surface area contributed by atoms with Gasteiger partial charge >= 0.3 is 0 Å². The van der Waals surface area contributed by atoms with E-state index in [4.69, 9.17) is 0 Å². The quantitative estimate of drug-likeness (QED) is 0.394. The van der Waals surface area contributed by atoms with Gasteiger partial charge < -0.3 is 0 Å². The zero-order chi connectivity index (χ0) is 18.3. The molecule has 0 bridgehead atoms. The van der Waals surface area contributed by atoms with E-state index in [1.807, 2.05) is 12.1 Å². The largest absolute Gasteiger partial charge is 0.282 e. The van der Waals surface area contributed by atoms with Gasteiger partial charge in [-0.15, -0.1) is 0 Å². The van der Waals surface area contributed by atoms with E-state index in [1.165, 1.54) is 25.7 Å². The summed E-state index contributed by atoms with van der Waals surface area (Å²) >= 11 is 0. The number of halogens is 3. The minimum absolute atomic E-state index is 0.218. The summed E-state index contributed by atoms with van der Waals surface area (Å²) in [5.74, 6) is -2.28. The van der Waals surface area contributed by atoms with Gasteiger partial charge in [0.1, 0.15) is 0 Å². The van der Waals surface area contributed by atoms with Crippen molar-refractivity contribution in [2.24, 2.45) is 5.92 Å². The highest BCUT2D eigenvalue weighted by molar-refractivity contribution is 5.33. The van der Waals surface area contributed by atoms with Crippen molar-refractivity contribution >= 4 is 0 Å². The first-order chi connectivity index (χ1) is 12.0. The van der Waals surface area contributed by atoms with E-state index in [-0.39, 0.29) is 11.5 Å². The van der Waals surface area contributed by atoms with Crippen LogP contribution >= 0.6 is 0 Å². The number of benzene rings is 1. The van der Waals surface area contributed by atoms with Crippen LogP contribution < -0.4 is 0 Å². The van der Waals surface area contributed by atoms with Crippen molar-refractivity contribution in [1.29, 1.82) is 0 Å². The van der Waals surface area contributed by atoms with Crippen molar-refractivity contribution in [2.75, 3.05) is 0 Å². The molecule has 0 nitrogen and oxygen atoms in total. The van der Waals surface area contributed by atoms with Crippen molar-refractivity contribution in [3.05, 3.63) is 35.4 Å².